The van der Waals surface area contributed by atoms with Crippen LogP contribution < -0.4 is 5.32 Å². The average molecular weight is 470 g/mol. The number of benzene rings is 3. The normalized spacial score (nSPS) is 24.0. The Morgan fingerprint density at radius 2 is 1.46 bits per heavy atom. The number of carbonyl (C=O) groups excluding carboxylic acids is 2. The molecule has 0 aromatic heterocycles. The first kappa shape index (κ1) is 23.5. The monoisotopic (exact) mass is 469 g/mol. The Balaban J connectivity index is 1.28. The van der Waals surface area contributed by atoms with Gasteiger partial charge >= 0.3 is 5.97 Å². The predicted octanol–water partition coefficient (Wildman–Crippen LogP) is 4.55. The zero-order chi connectivity index (χ0) is 24.1. The number of rotatable bonds is 9. The maximum Gasteiger partial charge on any atom is 0.328 e. The lowest BCUT2D eigenvalue weighted by Crippen LogP contribution is -2.65. The Hall–Kier alpha value is -3.28. The van der Waals surface area contributed by atoms with Crippen molar-refractivity contribution in [3.8, 4) is 0 Å². The van der Waals surface area contributed by atoms with Gasteiger partial charge in [-0.3, -0.25) is 10.1 Å². The first-order valence-electron chi connectivity index (χ1n) is 12.6. The van der Waals surface area contributed by atoms with Gasteiger partial charge in [-0.25, -0.2) is 4.79 Å². The molecule has 2 bridgehead atoms. The number of nitrogens with one attached hydrogen (secondary N) is 1. The topological polar surface area (TPSA) is 55.4 Å². The van der Waals surface area contributed by atoms with Crippen LogP contribution in [0.1, 0.15) is 40.4 Å². The highest BCUT2D eigenvalue weighted by Gasteiger charge is 2.49. The molecule has 3 aliphatic heterocycles. The van der Waals surface area contributed by atoms with Crippen molar-refractivity contribution in [1.29, 1.82) is 0 Å². The van der Waals surface area contributed by atoms with Crippen LogP contribution in [-0.2, 0) is 16.1 Å². The zero-order valence-electron chi connectivity index (χ0n) is 20.0. The van der Waals surface area contributed by atoms with E-state index in [0.29, 0.717) is 19.0 Å². The standard InChI is InChI=1S/C30H33N2O3/c33-27(24-12-6-2-7-13-24)21-32-18-16-25(17-19-32)28(22-32)35-30(34)29(26-14-8-3-9-15-26)31-20-23-10-4-1-5-11-23/h1-15,25,28-29,31H,16-22H2/q+1/t25?,28-,29?,32?/m0/s1. The molecule has 3 saturated heterocycles. The van der Waals surface area contributed by atoms with Crippen molar-refractivity contribution in [2.24, 2.45) is 5.92 Å². The Morgan fingerprint density at radius 1 is 0.857 bits per heavy atom. The van der Waals surface area contributed by atoms with E-state index in [4.69, 9.17) is 4.74 Å². The third-order valence-corrected chi connectivity index (χ3v) is 7.61. The van der Waals surface area contributed by atoms with Crippen LogP contribution in [0.25, 0.3) is 0 Å². The van der Waals surface area contributed by atoms with Crippen molar-refractivity contribution in [2.45, 2.75) is 31.5 Å². The van der Waals surface area contributed by atoms with Crippen molar-refractivity contribution < 1.29 is 18.8 Å². The quantitative estimate of drug-likeness (QED) is 0.284. The lowest BCUT2D eigenvalue weighted by Gasteiger charge is -2.51. The summed E-state index contributed by atoms with van der Waals surface area (Å²) < 4.78 is 6.93. The van der Waals surface area contributed by atoms with Gasteiger partial charge in [0.2, 0.25) is 5.78 Å². The number of nitrogens with zero attached hydrogens (tertiary/aromatic N) is 1. The number of carbonyl (C=O) groups is 2. The highest BCUT2D eigenvalue weighted by molar-refractivity contribution is 5.97. The fourth-order valence-corrected chi connectivity index (χ4v) is 5.61. The van der Waals surface area contributed by atoms with Gasteiger partial charge in [0.25, 0.3) is 0 Å². The molecule has 3 aliphatic rings. The molecule has 3 aromatic rings. The Morgan fingerprint density at radius 3 is 2.11 bits per heavy atom. The summed E-state index contributed by atoms with van der Waals surface area (Å²) in [7, 11) is 0. The molecule has 35 heavy (non-hydrogen) atoms. The maximum absolute atomic E-state index is 13.5. The minimum atomic E-state index is -0.536. The molecule has 1 unspecified atom stereocenters. The van der Waals surface area contributed by atoms with Crippen LogP contribution in [0.5, 0.6) is 0 Å². The SMILES string of the molecule is O=C(C[N+]12CCC(CC1)[C@@H](OC(=O)C(NCc1ccccc1)c1ccccc1)C2)c1ccccc1. The molecular formula is C30H33N2O3+. The largest absolute Gasteiger partial charge is 0.455 e. The van der Waals surface area contributed by atoms with E-state index in [1.165, 1.54) is 0 Å². The molecule has 3 heterocycles. The Kier molecular flexibility index (Phi) is 7.07. The van der Waals surface area contributed by atoms with E-state index in [1.54, 1.807) is 0 Å². The van der Waals surface area contributed by atoms with E-state index in [9.17, 15) is 9.59 Å². The number of esters is 1. The molecule has 0 spiro atoms. The van der Waals surface area contributed by atoms with Gasteiger partial charge in [0, 0.05) is 30.9 Å². The molecule has 0 amide bonds. The van der Waals surface area contributed by atoms with Gasteiger partial charge in [-0.2, -0.15) is 0 Å². The van der Waals surface area contributed by atoms with Gasteiger partial charge < -0.3 is 9.22 Å². The van der Waals surface area contributed by atoms with Crippen LogP contribution in [0.3, 0.4) is 0 Å². The van der Waals surface area contributed by atoms with E-state index in [-0.39, 0.29) is 17.9 Å². The lowest BCUT2D eigenvalue weighted by molar-refractivity contribution is -0.938. The fraction of sp³-hybridized carbons (Fsp3) is 0.333. The maximum atomic E-state index is 13.5. The van der Waals surface area contributed by atoms with Gasteiger partial charge in [-0.15, -0.1) is 0 Å². The first-order chi connectivity index (χ1) is 17.1. The summed E-state index contributed by atoms with van der Waals surface area (Å²) in [5.41, 5.74) is 2.78. The van der Waals surface area contributed by atoms with Crippen LogP contribution in [0.15, 0.2) is 91.0 Å². The predicted molar refractivity (Wildman–Crippen MR) is 136 cm³/mol. The van der Waals surface area contributed by atoms with E-state index >= 15 is 0 Å². The third-order valence-electron chi connectivity index (χ3n) is 7.61. The molecule has 2 atom stereocenters. The van der Waals surface area contributed by atoms with Crippen LogP contribution in [-0.4, -0.2) is 48.5 Å². The molecule has 0 radical (unpaired) electrons. The highest BCUT2D eigenvalue weighted by Crippen LogP contribution is 2.36. The summed E-state index contributed by atoms with van der Waals surface area (Å²) in [5, 5.41) is 3.42. The van der Waals surface area contributed by atoms with E-state index in [0.717, 1.165) is 53.6 Å². The summed E-state index contributed by atoms with van der Waals surface area (Å²) in [5.74, 6) is 0.303. The molecule has 5 nitrogen and oxygen atoms in total. The van der Waals surface area contributed by atoms with E-state index in [2.05, 4.69) is 5.32 Å². The lowest BCUT2D eigenvalue weighted by atomic mass is 9.82. The molecule has 3 fully saturated rings. The molecule has 5 heteroatoms. The van der Waals surface area contributed by atoms with Crippen molar-refractivity contribution >= 4 is 11.8 Å². The molecular weight excluding hydrogens is 436 g/mol. The van der Waals surface area contributed by atoms with E-state index < -0.39 is 6.04 Å². The van der Waals surface area contributed by atoms with Crippen LogP contribution in [0.4, 0.5) is 0 Å². The summed E-state index contributed by atoms with van der Waals surface area (Å²) in [6.07, 6.45) is 1.83. The second-order valence-corrected chi connectivity index (χ2v) is 9.94. The van der Waals surface area contributed by atoms with Crippen molar-refractivity contribution in [1.82, 2.24) is 5.32 Å². The van der Waals surface area contributed by atoms with Crippen LogP contribution >= 0.6 is 0 Å². The summed E-state index contributed by atoms with van der Waals surface area (Å²) in [6.45, 7) is 3.72. The number of ether oxygens (including phenoxy) is 1. The highest BCUT2D eigenvalue weighted by atomic mass is 16.5. The summed E-state index contributed by atoms with van der Waals surface area (Å²) >= 11 is 0. The number of hydrogen-bond acceptors (Lipinski definition) is 4. The first-order valence-corrected chi connectivity index (χ1v) is 12.6. The fourth-order valence-electron chi connectivity index (χ4n) is 5.61. The van der Waals surface area contributed by atoms with Crippen molar-refractivity contribution in [3.63, 3.8) is 0 Å². The number of quaternary nitrogens is 1. The molecule has 0 aliphatic carbocycles. The van der Waals surface area contributed by atoms with Crippen LogP contribution in [0, 0.1) is 5.92 Å². The molecule has 180 valence electrons. The number of Topliss-reactive ketones (excluding diaryl/α,β-unsaturated/α-hetero) is 1. The number of piperidine rings is 3. The van der Waals surface area contributed by atoms with Gasteiger partial charge in [0.15, 0.2) is 6.10 Å². The van der Waals surface area contributed by atoms with E-state index in [1.807, 2.05) is 91.0 Å². The number of fused-ring (bicyclic) bond motifs is 3. The minimum Gasteiger partial charge on any atom is -0.455 e. The number of ketones is 1. The van der Waals surface area contributed by atoms with Gasteiger partial charge in [0.1, 0.15) is 19.1 Å². The Labute approximate surface area is 207 Å². The molecule has 3 aromatic carbocycles. The second-order valence-electron chi connectivity index (χ2n) is 9.94. The smallest absolute Gasteiger partial charge is 0.328 e. The minimum absolute atomic E-state index is 0.154. The van der Waals surface area contributed by atoms with Gasteiger partial charge in [-0.05, 0) is 11.1 Å². The molecule has 0 saturated carbocycles. The molecule has 1 N–H and O–H groups in total. The summed E-state index contributed by atoms with van der Waals surface area (Å²) in [6, 6.07) is 28.8. The zero-order valence-corrected chi connectivity index (χ0v) is 20.0. The van der Waals surface area contributed by atoms with Gasteiger partial charge in [0.05, 0.1) is 13.1 Å². The Bertz CT molecular complexity index is 1130. The van der Waals surface area contributed by atoms with Crippen molar-refractivity contribution in [3.05, 3.63) is 108 Å². The summed E-state index contributed by atoms with van der Waals surface area (Å²) in [4.78, 5) is 26.5. The second kappa shape index (κ2) is 10.5. The van der Waals surface area contributed by atoms with Crippen molar-refractivity contribution in [2.75, 3.05) is 26.2 Å². The molecule has 6 rings (SSSR count). The third kappa shape index (κ3) is 5.53. The number of hydrogen-bond donors (Lipinski definition) is 1. The average Bonchev–Trinajstić information content (AvgIpc) is 2.91. The van der Waals surface area contributed by atoms with Crippen LogP contribution in [0.2, 0.25) is 0 Å². The van der Waals surface area contributed by atoms with Gasteiger partial charge in [-0.1, -0.05) is 91.0 Å².